The molecule has 5 heteroatoms. The molecule has 0 saturated carbocycles. The maximum absolute atomic E-state index is 11.9. The van der Waals surface area contributed by atoms with Crippen molar-refractivity contribution >= 4 is 11.6 Å². The van der Waals surface area contributed by atoms with Crippen LogP contribution in [0.4, 0.5) is 5.69 Å². The molecule has 2 heterocycles. The lowest BCUT2D eigenvalue weighted by Crippen LogP contribution is -2.46. The van der Waals surface area contributed by atoms with Gasteiger partial charge in [-0.3, -0.25) is 4.79 Å². The molecule has 1 amide bonds. The number of carbonyl (C=O) groups excluding carboxylic acids is 1. The molecule has 2 aliphatic heterocycles. The molecule has 1 fully saturated rings. The number of nitrogens with zero attached hydrogens (tertiary/aromatic N) is 1. The van der Waals surface area contributed by atoms with Gasteiger partial charge in [-0.1, -0.05) is 12.1 Å². The zero-order valence-electron chi connectivity index (χ0n) is 10.0. The van der Waals surface area contributed by atoms with E-state index < -0.39 is 0 Å². The van der Waals surface area contributed by atoms with Crippen LogP contribution in [0.2, 0.25) is 0 Å². The molecule has 1 saturated heterocycles. The molecular weight excluding hydrogens is 234 g/mol. The quantitative estimate of drug-likeness (QED) is 0.779. The number of para-hydroxylation sites is 2. The van der Waals surface area contributed by atoms with Gasteiger partial charge in [-0.25, -0.2) is 0 Å². The summed E-state index contributed by atoms with van der Waals surface area (Å²) < 4.78 is 16.3. The van der Waals surface area contributed by atoms with Crippen LogP contribution in [0.5, 0.6) is 5.75 Å². The summed E-state index contributed by atoms with van der Waals surface area (Å²) in [7, 11) is 0. The van der Waals surface area contributed by atoms with E-state index in [1.165, 1.54) is 0 Å². The molecular formula is C13H15NO4. The maximum atomic E-state index is 11.9. The second-order valence-electron chi connectivity index (χ2n) is 4.33. The lowest BCUT2D eigenvalue weighted by Gasteiger charge is -2.33. The molecule has 1 aromatic carbocycles. The SMILES string of the molecule is O=C1COc2ccccc2N1C[C@H]1COCCO1. The number of fused-ring (bicyclic) bond motifs is 1. The van der Waals surface area contributed by atoms with Crippen LogP contribution in [0, 0.1) is 0 Å². The Morgan fingerprint density at radius 1 is 1.28 bits per heavy atom. The number of hydrogen-bond acceptors (Lipinski definition) is 4. The van der Waals surface area contributed by atoms with Gasteiger partial charge in [-0.15, -0.1) is 0 Å². The largest absolute Gasteiger partial charge is 0.482 e. The third kappa shape index (κ3) is 2.19. The molecule has 0 spiro atoms. The first-order chi connectivity index (χ1) is 8.84. The monoisotopic (exact) mass is 249 g/mol. The van der Waals surface area contributed by atoms with Crippen molar-refractivity contribution in [3.63, 3.8) is 0 Å². The van der Waals surface area contributed by atoms with E-state index in [0.717, 1.165) is 11.4 Å². The van der Waals surface area contributed by atoms with E-state index in [1.54, 1.807) is 4.90 Å². The van der Waals surface area contributed by atoms with Gasteiger partial charge in [0.1, 0.15) is 5.75 Å². The zero-order chi connectivity index (χ0) is 12.4. The summed E-state index contributed by atoms with van der Waals surface area (Å²) in [5, 5.41) is 0. The van der Waals surface area contributed by atoms with Crippen molar-refractivity contribution in [2.45, 2.75) is 6.10 Å². The topological polar surface area (TPSA) is 48.0 Å². The summed E-state index contributed by atoms with van der Waals surface area (Å²) in [4.78, 5) is 13.7. The summed E-state index contributed by atoms with van der Waals surface area (Å²) in [5.74, 6) is 0.705. The Hall–Kier alpha value is -1.59. The van der Waals surface area contributed by atoms with Crippen molar-refractivity contribution in [2.24, 2.45) is 0 Å². The van der Waals surface area contributed by atoms with Crippen LogP contribution in [0.15, 0.2) is 24.3 Å². The first kappa shape index (κ1) is 11.5. The lowest BCUT2D eigenvalue weighted by atomic mass is 10.2. The van der Waals surface area contributed by atoms with Crippen molar-refractivity contribution in [1.82, 2.24) is 0 Å². The van der Waals surface area contributed by atoms with E-state index in [4.69, 9.17) is 14.2 Å². The molecule has 0 unspecified atom stereocenters. The van der Waals surface area contributed by atoms with E-state index in [2.05, 4.69) is 0 Å². The standard InChI is InChI=1S/C13H15NO4/c15-13-9-18-12-4-2-1-3-11(12)14(13)7-10-8-16-5-6-17-10/h1-4,10H,5-9H2/t10-/m0/s1. The fourth-order valence-corrected chi connectivity index (χ4v) is 2.20. The summed E-state index contributed by atoms with van der Waals surface area (Å²) >= 11 is 0. The van der Waals surface area contributed by atoms with Crippen molar-refractivity contribution in [2.75, 3.05) is 37.9 Å². The second kappa shape index (κ2) is 4.96. The number of hydrogen-bond donors (Lipinski definition) is 0. The van der Waals surface area contributed by atoms with Crippen molar-refractivity contribution in [3.05, 3.63) is 24.3 Å². The van der Waals surface area contributed by atoms with Gasteiger partial charge in [0.15, 0.2) is 6.61 Å². The van der Waals surface area contributed by atoms with E-state index in [9.17, 15) is 4.79 Å². The van der Waals surface area contributed by atoms with Gasteiger partial charge in [0.05, 0.1) is 38.2 Å². The molecule has 1 atom stereocenters. The Bertz CT molecular complexity index is 442. The molecule has 1 aromatic rings. The number of carbonyl (C=O) groups is 1. The van der Waals surface area contributed by atoms with Crippen molar-refractivity contribution in [3.8, 4) is 5.75 Å². The Morgan fingerprint density at radius 2 is 2.17 bits per heavy atom. The van der Waals surface area contributed by atoms with Crippen LogP contribution >= 0.6 is 0 Å². The van der Waals surface area contributed by atoms with Gasteiger partial charge in [-0.2, -0.15) is 0 Å². The molecule has 0 radical (unpaired) electrons. The fourth-order valence-electron chi connectivity index (χ4n) is 2.20. The molecule has 3 rings (SSSR count). The summed E-state index contributed by atoms with van der Waals surface area (Å²) in [5.41, 5.74) is 0.808. The number of anilines is 1. The Kier molecular flexibility index (Phi) is 3.17. The predicted molar refractivity (Wildman–Crippen MR) is 64.8 cm³/mol. The average Bonchev–Trinajstić information content (AvgIpc) is 2.43. The second-order valence-corrected chi connectivity index (χ2v) is 4.33. The van der Waals surface area contributed by atoms with Crippen LogP contribution in [0.25, 0.3) is 0 Å². The van der Waals surface area contributed by atoms with Crippen LogP contribution < -0.4 is 9.64 Å². The smallest absolute Gasteiger partial charge is 0.265 e. The zero-order valence-corrected chi connectivity index (χ0v) is 10.0. The van der Waals surface area contributed by atoms with Crippen molar-refractivity contribution in [1.29, 1.82) is 0 Å². The van der Waals surface area contributed by atoms with Crippen molar-refractivity contribution < 1.29 is 19.0 Å². The summed E-state index contributed by atoms with van der Waals surface area (Å²) in [6.45, 7) is 2.35. The summed E-state index contributed by atoms with van der Waals surface area (Å²) in [6, 6.07) is 7.54. The van der Waals surface area contributed by atoms with Gasteiger partial charge >= 0.3 is 0 Å². The molecule has 2 aliphatic rings. The molecule has 5 nitrogen and oxygen atoms in total. The van der Waals surface area contributed by atoms with Crippen LogP contribution in [-0.4, -0.2) is 45.0 Å². The minimum atomic E-state index is -0.0612. The molecule has 0 bridgehead atoms. The van der Waals surface area contributed by atoms with Gasteiger partial charge in [0.2, 0.25) is 0 Å². The normalized spacial score (nSPS) is 23.4. The minimum Gasteiger partial charge on any atom is -0.482 e. The number of ether oxygens (including phenoxy) is 3. The predicted octanol–water partition coefficient (Wildman–Crippen LogP) is 0.827. The van der Waals surface area contributed by atoms with E-state index >= 15 is 0 Å². The highest BCUT2D eigenvalue weighted by Gasteiger charge is 2.28. The number of amides is 1. The number of rotatable bonds is 2. The Balaban J connectivity index is 1.79. The molecule has 0 aromatic heterocycles. The van der Waals surface area contributed by atoms with Gasteiger partial charge in [0, 0.05) is 0 Å². The van der Waals surface area contributed by atoms with Crippen LogP contribution in [0.3, 0.4) is 0 Å². The molecule has 0 N–H and O–H groups in total. The van der Waals surface area contributed by atoms with E-state index in [0.29, 0.717) is 26.4 Å². The lowest BCUT2D eigenvalue weighted by molar-refractivity contribution is -0.123. The van der Waals surface area contributed by atoms with Gasteiger partial charge < -0.3 is 19.1 Å². The molecule has 96 valence electrons. The minimum absolute atomic E-state index is 0.0390. The first-order valence-corrected chi connectivity index (χ1v) is 6.06. The highest BCUT2D eigenvalue weighted by Crippen LogP contribution is 2.31. The highest BCUT2D eigenvalue weighted by atomic mass is 16.6. The molecule has 18 heavy (non-hydrogen) atoms. The molecule has 0 aliphatic carbocycles. The first-order valence-electron chi connectivity index (χ1n) is 6.06. The summed E-state index contributed by atoms with van der Waals surface area (Å²) in [6.07, 6.45) is -0.0612. The van der Waals surface area contributed by atoms with Crippen LogP contribution in [0.1, 0.15) is 0 Å². The third-order valence-corrected chi connectivity index (χ3v) is 3.08. The average molecular weight is 249 g/mol. The van der Waals surface area contributed by atoms with E-state index in [-0.39, 0.29) is 18.6 Å². The van der Waals surface area contributed by atoms with Gasteiger partial charge in [0.25, 0.3) is 5.91 Å². The highest BCUT2D eigenvalue weighted by molar-refractivity contribution is 5.97. The Labute approximate surface area is 105 Å². The third-order valence-electron chi connectivity index (χ3n) is 3.08. The van der Waals surface area contributed by atoms with Crippen LogP contribution in [-0.2, 0) is 14.3 Å². The Morgan fingerprint density at radius 3 is 3.00 bits per heavy atom. The van der Waals surface area contributed by atoms with Gasteiger partial charge in [-0.05, 0) is 12.1 Å². The fraction of sp³-hybridized carbons (Fsp3) is 0.462. The maximum Gasteiger partial charge on any atom is 0.265 e. The van der Waals surface area contributed by atoms with E-state index in [1.807, 2.05) is 24.3 Å². The number of benzene rings is 1.